The molecule has 6 heteroatoms. The van der Waals surface area contributed by atoms with Gasteiger partial charge in [0.25, 0.3) is 0 Å². The molecule has 1 N–H and O–H groups in total. The summed E-state index contributed by atoms with van der Waals surface area (Å²) in [6.45, 7) is 6.61. The first-order valence-electron chi connectivity index (χ1n) is 7.15. The number of hydrogen-bond acceptors (Lipinski definition) is 4. The molecule has 116 valence electrons. The van der Waals surface area contributed by atoms with Crippen molar-refractivity contribution >= 4 is 23.2 Å². The van der Waals surface area contributed by atoms with Crippen molar-refractivity contribution in [3.8, 4) is 0 Å². The third-order valence-electron chi connectivity index (χ3n) is 3.27. The van der Waals surface area contributed by atoms with E-state index in [0.29, 0.717) is 17.3 Å². The van der Waals surface area contributed by atoms with Gasteiger partial charge in [-0.15, -0.1) is 0 Å². The summed E-state index contributed by atoms with van der Waals surface area (Å²) in [6.07, 6.45) is 0. The normalized spacial score (nSPS) is 15.9. The van der Waals surface area contributed by atoms with Gasteiger partial charge in [0.15, 0.2) is 0 Å². The van der Waals surface area contributed by atoms with E-state index in [2.05, 4.69) is 10.2 Å². The van der Waals surface area contributed by atoms with Crippen LogP contribution in [0.15, 0.2) is 18.2 Å². The van der Waals surface area contributed by atoms with Crippen molar-refractivity contribution in [3.63, 3.8) is 0 Å². The number of rotatable bonds is 6. The maximum absolute atomic E-state index is 11.6. The summed E-state index contributed by atoms with van der Waals surface area (Å²) in [7, 11) is 0. The first-order valence-corrected chi connectivity index (χ1v) is 7.53. The van der Waals surface area contributed by atoms with Crippen molar-refractivity contribution in [2.75, 3.05) is 44.8 Å². The van der Waals surface area contributed by atoms with E-state index >= 15 is 0 Å². The predicted octanol–water partition coefficient (Wildman–Crippen LogP) is 2.15. The molecule has 21 heavy (non-hydrogen) atoms. The third kappa shape index (κ3) is 5.28. The molecule has 5 nitrogen and oxygen atoms in total. The van der Waals surface area contributed by atoms with Crippen LogP contribution < -0.4 is 5.32 Å². The number of halogens is 1. The van der Waals surface area contributed by atoms with Crippen LogP contribution in [-0.2, 0) is 20.8 Å². The fourth-order valence-corrected chi connectivity index (χ4v) is 2.39. The maximum atomic E-state index is 11.6. The van der Waals surface area contributed by atoms with Crippen molar-refractivity contribution in [2.24, 2.45) is 0 Å². The molecule has 1 aromatic carbocycles. The Balaban J connectivity index is 1.91. The molecule has 0 saturated carbocycles. The molecular weight excluding hydrogens is 292 g/mol. The molecule has 0 radical (unpaired) electrons. The van der Waals surface area contributed by atoms with E-state index in [1.54, 1.807) is 6.07 Å². The lowest BCUT2D eigenvalue weighted by atomic mass is 10.2. The lowest BCUT2D eigenvalue weighted by Gasteiger charge is -2.27. The van der Waals surface area contributed by atoms with Gasteiger partial charge in [-0.1, -0.05) is 17.7 Å². The zero-order valence-electron chi connectivity index (χ0n) is 12.2. The average molecular weight is 313 g/mol. The second-order valence-electron chi connectivity index (χ2n) is 4.88. The highest BCUT2D eigenvalue weighted by Gasteiger charge is 2.13. The highest BCUT2D eigenvalue weighted by atomic mass is 35.5. The second-order valence-corrected chi connectivity index (χ2v) is 5.29. The fourth-order valence-electron chi connectivity index (χ4n) is 2.15. The zero-order chi connectivity index (χ0) is 15.1. The maximum Gasteiger partial charge on any atom is 0.250 e. The van der Waals surface area contributed by atoms with Crippen LogP contribution >= 0.6 is 11.6 Å². The molecule has 1 saturated heterocycles. The molecule has 2 rings (SSSR count). The topological polar surface area (TPSA) is 50.8 Å². The predicted molar refractivity (Wildman–Crippen MR) is 82.7 cm³/mol. The number of ether oxygens (including phenoxy) is 2. The van der Waals surface area contributed by atoms with Gasteiger partial charge in [0.1, 0.15) is 6.61 Å². The first kappa shape index (κ1) is 16.2. The van der Waals surface area contributed by atoms with Crippen molar-refractivity contribution in [1.82, 2.24) is 4.90 Å². The minimum atomic E-state index is -0.172. The Morgan fingerprint density at radius 3 is 2.86 bits per heavy atom. The zero-order valence-corrected chi connectivity index (χ0v) is 13.0. The van der Waals surface area contributed by atoms with Gasteiger partial charge in [-0.3, -0.25) is 9.69 Å². The van der Waals surface area contributed by atoms with Gasteiger partial charge in [-0.2, -0.15) is 0 Å². The van der Waals surface area contributed by atoms with Crippen LogP contribution in [0.3, 0.4) is 0 Å². The summed E-state index contributed by atoms with van der Waals surface area (Å²) in [5.74, 6) is -0.172. The second kappa shape index (κ2) is 8.34. The molecule has 1 aliphatic rings. The van der Waals surface area contributed by atoms with Gasteiger partial charge in [0, 0.05) is 37.0 Å². The molecule has 0 bridgehead atoms. The summed E-state index contributed by atoms with van der Waals surface area (Å²) < 4.78 is 10.4. The SMILES string of the molecule is CCOCC(=O)Nc1ccc(CN2CCOCC2)c(Cl)c1. The van der Waals surface area contributed by atoms with Crippen molar-refractivity contribution in [2.45, 2.75) is 13.5 Å². The highest BCUT2D eigenvalue weighted by Crippen LogP contribution is 2.22. The number of hydrogen-bond donors (Lipinski definition) is 1. The lowest BCUT2D eigenvalue weighted by Crippen LogP contribution is -2.35. The van der Waals surface area contributed by atoms with Crippen LogP contribution in [0.4, 0.5) is 5.69 Å². The summed E-state index contributed by atoms with van der Waals surface area (Å²) >= 11 is 6.30. The fraction of sp³-hybridized carbons (Fsp3) is 0.533. The summed E-state index contributed by atoms with van der Waals surface area (Å²) in [5, 5.41) is 3.43. The van der Waals surface area contributed by atoms with Crippen LogP contribution in [-0.4, -0.2) is 50.3 Å². The van der Waals surface area contributed by atoms with Gasteiger partial charge >= 0.3 is 0 Å². The Bertz CT molecular complexity index is 476. The van der Waals surface area contributed by atoms with E-state index in [-0.39, 0.29) is 12.5 Å². The third-order valence-corrected chi connectivity index (χ3v) is 3.62. The largest absolute Gasteiger partial charge is 0.379 e. The minimum absolute atomic E-state index is 0.0592. The number of anilines is 1. The Kier molecular flexibility index (Phi) is 6.45. The summed E-state index contributed by atoms with van der Waals surface area (Å²) in [4.78, 5) is 13.9. The average Bonchev–Trinajstić information content (AvgIpc) is 2.49. The molecule has 1 heterocycles. The van der Waals surface area contributed by atoms with Crippen LogP contribution in [0.5, 0.6) is 0 Å². The quantitative estimate of drug-likeness (QED) is 0.874. The van der Waals surface area contributed by atoms with Crippen LogP contribution in [0.2, 0.25) is 5.02 Å². The number of morpholine rings is 1. The summed E-state index contributed by atoms with van der Waals surface area (Å²) in [6, 6.07) is 5.60. The minimum Gasteiger partial charge on any atom is -0.379 e. The van der Waals surface area contributed by atoms with Gasteiger partial charge < -0.3 is 14.8 Å². The van der Waals surface area contributed by atoms with E-state index in [9.17, 15) is 4.79 Å². The lowest BCUT2D eigenvalue weighted by molar-refractivity contribution is -0.120. The molecule has 1 amide bonds. The molecular formula is C15H21ClN2O3. The van der Waals surface area contributed by atoms with Crippen LogP contribution in [0.1, 0.15) is 12.5 Å². The van der Waals surface area contributed by atoms with E-state index < -0.39 is 0 Å². The number of carbonyl (C=O) groups is 1. The monoisotopic (exact) mass is 312 g/mol. The van der Waals surface area contributed by atoms with Crippen LogP contribution in [0, 0.1) is 0 Å². The van der Waals surface area contributed by atoms with Crippen LogP contribution in [0.25, 0.3) is 0 Å². The molecule has 0 aromatic heterocycles. The van der Waals surface area contributed by atoms with Gasteiger partial charge in [0.2, 0.25) is 5.91 Å². The molecule has 0 aliphatic carbocycles. The Labute approximate surface area is 130 Å². The number of amides is 1. The van der Waals surface area contributed by atoms with Crippen molar-refractivity contribution < 1.29 is 14.3 Å². The molecule has 0 spiro atoms. The van der Waals surface area contributed by atoms with E-state index in [1.807, 2.05) is 19.1 Å². The van der Waals surface area contributed by atoms with Gasteiger partial charge in [0.05, 0.1) is 13.2 Å². The van der Waals surface area contributed by atoms with Crippen molar-refractivity contribution in [3.05, 3.63) is 28.8 Å². The molecule has 1 aromatic rings. The van der Waals surface area contributed by atoms with Gasteiger partial charge in [-0.25, -0.2) is 0 Å². The highest BCUT2D eigenvalue weighted by molar-refractivity contribution is 6.31. The smallest absolute Gasteiger partial charge is 0.250 e. The Hall–Kier alpha value is -1.14. The van der Waals surface area contributed by atoms with E-state index in [1.165, 1.54) is 0 Å². The number of nitrogens with zero attached hydrogens (tertiary/aromatic N) is 1. The molecule has 0 unspecified atom stereocenters. The molecule has 1 fully saturated rings. The Morgan fingerprint density at radius 2 is 2.19 bits per heavy atom. The Morgan fingerprint density at radius 1 is 1.43 bits per heavy atom. The number of carbonyl (C=O) groups excluding carboxylic acids is 1. The first-order chi connectivity index (χ1) is 10.2. The van der Waals surface area contributed by atoms with Crippen molar-refractivity contribution in [1.29, 1.82) is 0 Å². The van der Waals surface area contributed by atoms with Gasteiger partial charge in [-0.05, 0) is 24.6 Å². The molecule has 1 aliphatic heterocycles. The van der Waals surface area contributed by atoms with E-state index in [4.69, 9.17) is 21.1 Å². The summed E-state index contributed by atoms with van der Waals surface area (Å²) in [5.41, 5.74) is 1.75. The molecule has 0 atom stereocenters. The standard InChI is InChI=1S/C15H21ClN2O3/c1-2-20-11-15(19)17-13-4-3-12(14(16)9-13)10-18-5-7-21-8-6-18/h3-4,9H,2,5-8,10-11H2,1H3,(H,17,19). The number of nitrogens with one attached hydrogen (secondary N) is 1. The number of benzene rings is 1. The van der Waals surface area contributed by atoms with E-state index in [0.717, 1.165) is 38.4 Å².